The predicted octanol–water partition coefficient (Wildman–Crippen LogP) is 3.60. The first-order chi connectivity index (χ1) is 7.27. The average Bonchev–Trinajstić information content (AvgIpc) is 2.71. The van der Waals surface area contributed by atoms with E-state index in [4.69, 9.17) is 5.11 Å². The molecule has 0 fully saturated rings. The molecule has 0 atom stereocenters. The van der Waals surface area contributed by atoms with Gasteiger partial charge in [0.1, 0.15) is 0 Å². The molecule has 0 aliphatic carbocycles. The molecule has 0 unspecified atom stereocenters. The number of hydrogen-bond donors (Lipinski definition) is 1. The number of carbonyl (C=O) groups is 1. The topological polar surface area (TPSA) is 37.3 Å². The highest BCUT2D eigenvalue weighted by atomic mass is 32.2. The molecule has 0 aliphatic heterocycles. The molecule has 0 spiro atoms. The summed E-state index contributed by atoms with van der Waals surface area (Å²) in [6, 6.07) is 11.0. The van der Waals surface area contributed by atoms with Gasteiger partial charge in [0.15, 0.2) is 0 Å². The highest BCUT2D eigenvalue weighted by molar-refractivity contribution is 8.01. The first-order valence-corrected chi connectivity index (χ1v) is 6.00. The van der Waals surface area contributed by atoms with Crippen molar-refractivity contribution < 1.29 is 9.90 Å². The predicted molar refractivity (Wildman–Crippen MR) is 61.8 cm³/mol. The maximum absolute atomic E-state index is 10.9. The van der Waals surface area contributed by atoms with Crippen molar-refractivity contribution in [1.29, 1.82) is 0 Å². The van der Waals surface area contributed by atoms with Crippen LogP contribution in [0, 0.1) is 0 Å². The summed E-state index contributed by atoms with van der Waals surface area (Å²) in [5.74, 6) is -0.880. The van der Waals surface area contributed by atoms with Crippen molar-refractivity contribution in [3.63, 3.8) is 0 Å². The van der Waals surface area contributed by atoms with Crippen LogP contribution in [0.15, 0.2) is 50.9 Å². The molecule has 2 rings (SSSR count). The molecule has 1 N–H and O–H groups in total. The molecule has 15 heavy (non-hydrogen) atoms. The Hall–Kier alpha value is -1.26. The van der Waals surface area contributed by atoms with Crippen molar-refractivity contribution in [3.05, 3.63) is 47.3 Å². The summed E-state index contributed by atoms with van der Waals surface area (Å²) in [6.45, 7) is 0. The number of hydrogen-bond acceptors (Lipinski definition) is 3. The smallest absolute Gasteiger partial charge is 0.336 e. The minimum absolute atomic E-state index is 0.357. The van der Waals surface area contributed by atoms with Gasteiger partial charge in [-0.3, -0.25) is 0 Å². The first-order valence-electron chi connectivity index (χ1n) is 4.31. The van der Waals surface area contributed by atoms with Crippen molar-refractivity contribution in [1.82, 2.24) is 0 Å². The quantitative estimate of drug-likeness (QED) is 0.884. The van der Waals surface area contributed by atoms with Gasteiger partial charge < -0.3 is 5.11 Å². The van der Waals surface area contributed by atoms with E-state index in [1.807, 2.05) is 29.6 Å². The molecule has 0 amide bonds. The Labute approximate surface area is 95.6 Å². The van der Waals surface area contributed by atoms with Crippen LogP contribution in [0.5, 0.6) is 0 Å². The van der Waals surface area contributed by atoms with Gasteiger partial charge in [0.25, 0.3) is 0 Å². The molecule has 0 radical (unpaired) electrons. The number of carboxylic acid groups (broad SMARTS) is 1. The summed E-state index contributed by atoms with van der Waals surface area (Å²) in [6.07, 6.45) is 0. The molecule has 4 heteroatoms. The van der Waals surface area contributed by atoms with Crippen LogP contribution >= 0.6 is 23.1 Å². The Kier molecular flexibility index (Phi) is 3.08. The van der Waals surface area contributed by atoms with Gasteiger partial charge in [-0.15, -0.1) is 11.3 Å². The maximum Gasteiger partial charge on any atom is 0.336 e. The van der Waals surface area contributed by atoms with E-state index in [-0.39, 0.29) is 0 Å². The van der Waals surface area contributed by atoms with Crippen molar-refractivity contribution in [3.8, 4) is 0 Å². The van der Waals surface area contributed by atoms with E-state index < -0.39 is 5.97 Å². The molecule has 2 aromatic rings. The van der Waals surface area contributed by atoms with Crippen LogP contribution in [0.4, 0.5) is 0 Å². The van der Waals surface area contributed by atoms with Crippen LogP contribution in [-0.2, 0) is 0 Å². The van der Waals surface area contributed by atoms with E-state index in [2.05, 4.69) is 0 Å². The van der Waals surface area contributed by atoms with Gasteiger partial charge >= 0.3 is 5.97 Å². The van der Waals surface area contributed by atoms with Gasteiger partial charge in [-0.1, -0.05) is 30.0 Å². The van der Waals surface area contributed by atoms with Crippen LogP contribution in [0.3, 0.4) is 0 Å². The Morgan fingerprint density at radius 2 is 2.00 bits per heavy atom. The molecule has 0 bridgehead atoms. The van der Waals surface area contributed by atoms with Crippen LogP contribution < -0.4 is 0 Å². The lowest BCUT2D eigenvalue weighted by atomic mass is 10.2. The summed E-state index contributed by atoms with van der Waals surface area (Å²) in [4.78, 5) is 11.7. The van der Waals surface area contributed by atoms with Gasteiger partial charge in [0.05, 0.1) is 9.77 Å². The second-order valence-corrected chi connectivity index (χ2v) is 5.13. The third kappa shape index (κ3) is 2.40. The first kappa shape index (κ1) is 10.3. The van der Waals surface area contributed by atoms with Gasteiger partial charge in [-0.05, 0) is 23.6 Å². The summed E-state index contributed by atoms with van der Waals surface area (Å²) in [7, 11) is 0. The van der Waals surface area contributed by atoms with E-state index in [0.717, 1.165) is 9.10 Å². The largest absolute Gasteiger partial charge is 0.478 e. The fraction of sp³-hybridized carbons (Fsp3) is 0. The number of thiophene rings is 1. The molecule has 0 aliphatic rings. The Balaban J connectivity index is 2.32. The molecule has 2 nitrogen and oxygen atoms in total. The molecule has 0 saturated carbocycles. The zero-order valence-corrected chi connectivity index (χ0v) is 9.35. The normalized spacial score (nSPS) is 10.1. The Bertz CT molecular complexity index is 463. The van der Waals surface area contributed by atoms with Crippen LogP contribution in [0.25, 0.3) is 0 Å². The highest BCUT2D eigenvalue weighted by Crippen LogP contribution is 2.33. The van der Waals surface area contributed by atoms with E-state index in [0.29, 0.717) is 5.56 Å². The fourth-order valence-electron chi connectivity index (χ4n) is 1.16. The van der Waals surface area contributed by atoms with Crippen LogP contribution in [0.1, 0.15) is 10.4 Å². The molecule has 1 aromatic heterocycles. The third-order valence-corrected chi connectivity index (χ3v) is 3.94. The Morgan fingerprint density at radius 3 is 2.67 bits per heavy atom. The number of carboxylic acids is 1. The van der Waals surface area contributed by atoms with E-state index >= 15 is 0 Å². The summed E-state index contributed by atoms with van der Waals surface area (Å²) in [5.41, 5.74) is 0.357. The van der Waals surface area contributed by atoms with Gasteiger partial charge in [0.2, 0.25) is 0 Å². The summed E-state index contributed by atoms with van der Waals surface area (Å²) >= 11 is 3.10. The average molecular weight is 236 g/mol. The van der Waals surface area contributed by atoms with Crippen molar-refractivity contribution >= 4 is 29.1 Å². The molecule has 1 aromatic carbocycles. The van der Waals surface area contributed by atoms with Gasteiger partial charge in [-0.25, -0.2) is 4.79 Å². The number of benzene rings is 1. The van der Waals surface area contributed by atoms with Crippen molar-refractivity contribution in [2.45, 2.75) is 9.10 Å². The van der Waals surface area contributed by atoms with Crippen LogP contribution in [-0.4, -0.2) is 11.1 Å². The number of rotatable bonds is 3. The van der Waals surface area contributed by atoms with Crippen molar-refractivity contribution in [2.75, 3.05) is 0 Å². The highest BCUT2D eigenvalue weighted by Gasteiger charge is 2.10. The van der Waals surface area contributed by atoms with E-state index in [9.17, 15) is 4.79 Å². The summed E-state index contributed by atoms with van der Waals surface area (Å²) in [5, 5.41) is 11.0. The zero-order valence-electron chi connectivity index (χ0n) is 7.71. The van der Waals surface area contributed by atoms with E-state index in [1.165, 1.54) is 11.8 Å². The molecular formula is C11H8O2S2. The minimum atomic E-state index is -0.880. The summed E-state index contributed by atoms with van der Waals surface area (Å²) < 4.78 is 1.10. The molecule has 76 valence electrons. The lowest BCUT2D eigenvalue weighted by molar-refractivity contribution is 0.0693. The second-order valence-electron chi connectivity index (χ2n) is 2.84. The monoisotopic (exact) mass is 236 g/mol. The maximum atomic E-state index is 10.9. The van der Waals surface area contributed by atoms with E-state index in [1.54, 1.807) is 23.5 Å². The molecular weight excluding hydrogens is 228 g/mol. The second kappa shape index (κ2) is 4.51. The number of aromatic carboxylic acids is 1. The lowest BCUT2D eigenvalue weighted by Gasteiger charge is -2.02. The third-order valence-electron chi connectivity index (χ3n) is 1.82. The minimum Gasteiger partial charge on any atom is -0.478 e. The molecule has 0 saturated heterocycles. The van der Waals surface area contributed by atoms with Gasteiger partial charge in [-0.2, -0.15) is 0 Å². The fourth-order valence-corrected chi connectivity index (χ4v) is 3.01. The zero-order chi connectivity index (χ0) is 10.7. The SMILES string of the molecule is O=C(O)c1ccccc1Sc1cccs1. The lowest BCUT2D eigenvalue weighted by Crippen LogP contribution is -1.97. The van der Waals surface area contributed by atoms with Gasteiger partial charge in [0, 0.05) is 4.90 Å². The Morgan fingerprint density at radius 1 is 1.20 bits per heavy atom. The van der Waals surface area contributed by atoms with Crippen molar-refractivity contribution in [2.24, 2.45) is 0 Å². The van der Waals surface area contributed by atoms with Crippen LogP contribution in [0.2, 0.25) is 0 Å². The molecule has 1 heterocycles. The standard InChI is InChI=1S/C11H8O2S2/c12-11(13)8-4-1-2-5-9(8)15-10-6-3-7-14-10/h1-7H,(H,12,13).